The number of anilines is 3. The fourth-order valence-electron chi connectivity index (χ4n) is 6.41. The van der Waals surface area contributed by atoms with Crippen molar-refractivity contribution >= 4 is 17.5 Å². The molecule has 8 rings (SSSR count). The lowest BCUT2D eigenvalue weighted by Crippen LogP contribution is -2.51. The molecule has 7 heterocycles. The maximum Gasteiger partial charge on any atom is 0.261 e. The van der Waals surface area contributed by atoms with Crippen LogP contribution in [-0.2, 0) is 20.5 Å². The lowest BCUT2D eigenvalue weighted by Gasteiger charge is -2.46. The van der Waals surface area contributed by atoms with Crippen molar-refractivity contribution in [3.05, 3.63) is 71.4 Å². The van der Waals surface area contributed by atoms with Crippen molar-refractivity contribution in [2.45, 2.75) is 56.5 Å². The van der Waals surface area contributed by atoms with E-state index >= 15 is 0 Å². The molecule has 2 atom stereocenters. The molecule has 2 bridgehead atoms. The molecule has 1 unspecified atom stereocenters. The zero-order valence-electron chi connectivity index (χ0n) is 24.6. The molecule has 0 radical (unpaired) electrons. The molecule has 4 aliphatic rings. The summed E-state index contributed by atoms with van der Waals surface area (Å²) in [5.74, 6) is 2.04. The van der Waals surface area contributed by atoms with E-state index in [1.807, 2.05) is 50.2 Å². The number of pyridine rings is 1. The monoisotopic (exact) mass is 584 g/mol. The van der Waals surface area contributed by atoms with Crippen LogP contribution < -0.4 is 10.6 Å². The number of benzene rings is 1. The van der Waals surface area contributed by atoms with E-state index in [4.69, 9.17) is 24.0 Å². The number of nitrogens with zero attached hydrogens (tertiary/aromatic N) is 6. The molecule has 43 heavy (non-hydrogen) atoms. The number of aliphatic hydroxyl groups excluding tert-OH is 1. The Balaban J connectivity index is 1.23. The Labute approximate surface area is 249 Å². The van der Waals surface area contributed by atoms with Crippen LogP contribution in [0.1, 0.15) is 68.1 Å². The lowest BCUT2D eigenvalue weighted by molar-refractivity contribution is -0.175. The minimum absolute atomic E-state index is 0.0408. The van der Waals surface area contributed by atoms with Gasteiger partial charge in [0.05, 0.1) is 35.2 Å². The third kappa shape index (κ3) is 5.14. The van der Waals surface area contributed by atoms with Crippen molar-refractivity contribution in [2.24, 2.45) is 0 Å². The first-order valence-electron chi connectivity index (χ1n) is 14.7. The van der Waals surface area contributed by atoms with Gasteiger partial charge in [0.25, 0.3) is 5.89 Å². The van der Waals surface area contributed by atoms with Crippen molar-refractivity contribution in [1.29, 1.82) is 0 Å². The number of rotatable bonds is 9. The van der Waals surface area contributed by atoms with E-state index in [1.54, 1.807) is 19.5 Å². The Morgan fingerprint density at radius 3 is 2.56 bits per heavy atom. The van der Waals surface area contributed by atoms with Crippen LogP contribution in [0.3, 0.4) is 0 Å². The minimum atomic E-state index is -0.631. The topological polar surface area (TPSA) is 144 Å². The van der Waals surface area contributed by atoms with Crippen molar-refractivity contribution in [3.63, 3.8) is 0 Å². The Morgan fingerprint density at radius 1 is 1.07 bits per heavy atom. The van der Waals surface area contributed by atoms with Crippen LogP contribution in [0.2, 0.25) is 0 Å². The fourth-order valence-corrected chi connectivity index (χ4v) is 6.41. The molecular weight excluding hydrogens is 548 g/mol. The minimum Gasteiger partial charge on any atom is -0.394 e. The van der Waals surface area contributed by atoms with Crippen LogP contribution in [0.4, 0.5) is 17.5 Å². The SMILES string of the molecule is COC1OC(C)(C)c2nc(Nc3cc(N[C@H](CO)c4ccccc4)c(-c4nc(C56CCN(CC5)CC6)no4)cn3)ncc21. The van der Waals surface area contributed by atoms with Gasteiger partial charge in [0.15, 0.2) is 12.1 Å². The first kappa shape index (κ1) is 27.8. The summed E-state index contributed by atoms with van der Waals surface area (Å²) in [5, 5.41) is 21.5. The molecule has 3 saturated heterocycles. The third-order valence-electron chi connectivity index (χ3n) is 8.97. The molecule has 4 aromatic rings. The summed E-state index contributed by atoms with van der Waals surface area (Å²) in [6.07, 6.45) is 6.00. The highest BCUT2D eigenvalue weighted by atomic mass is 16.7. The van der Waals surface area contributed by atoms with Gasteiger partial charge < -0.3 is 34.6 Å². The zero-order chi connectivity index (χ0) is 29.6. The maximum absolute atomic E-state index is 10.3. The molecule has 12 nitrogen and oxygen atoms in total. The molecule has 4 aliphatic heterocycles. The van der Waals surface area contributed by atoms with E-state index < -0.39 is 11.9 Å². The quantitative estimate of drug-likeness (QED) is 0.256. The average molecular weight is 585 g/mol. The van der Waals surface area contributed by atoms with Gasteiger partial charge in [0.2, 0.25) is 5.95 Å². The summed E-state index contributed by atoms with van der Waals surface area (Å²) in [6, 6.07) is 11.3. The van der Waals surface area contributed by atoms with E-state index in [1.165, 1.54) is 0 Å². The van der Waals surface area contributed by atoms with Crippen molar-refractivity contribution in [3.8, 4) is 11.5 Å². The first-order valence-corrected chi connectivity index (χ1v) is 14.7. The van der Waals surface area contributed by atoms with Gasteiger partial charge in [0, 0.05) is 31.0 Å². The second kappa shape index (κ2) is 10.9. The Kier molecular flexibility index (Phi) is 7.08. The number of hydrogen-bond donors (Lipinski definition) is 3. The molecule has 3 fully saturated rings. The van der Waals surface area contributed by atoms with Gasteiger partial charge in [-0.15, -0.1) is 0 Å². The number of methoxy groups -OCH3 is 1. The van der Waals surface area contributed by atoms with Crippen LogP contribution in [0.5, 0.6) is 0 Å². The lowest BCUT2D eigenvalue weighted by atomic mass is 9.71. The number of piperidine rings is 3. The molecule has 224 valence electrons. The normalized spacial score (nSPS) is 24.5. The molecule has 0 aliphatic carbocycles. The Bertz CT molecular complexity index is 1590. The number of aromatic nitrogens is 5. The van der Waals surface area contributed by atoms with Gasteiger partial charge in [-0.25, -0.2) is 15.0 Å². The highest BCUT2D eigenvalue weighted by Crippen LogP contribution is 2.44. The van der Waals surface area contributed by atoms with Gasteiger partial charge >= 0.3 is 0 Å². The largest absolute Gasteiger partial charge is 0.394 e. The molecule has 0 saturated carbocycles. The Morgan fingerprint density at radius 2 is 1.84 bits per heavy atom. The van der Waals surface area contributed by atoms with Crippen LogP contribution in [-0.4, -0.2) is 68.4 Å². The van der Waals surface area contributed by atoms with E-state index in [9.17, 15) is 5.11 Å². The summed E-state index contributed by atoms with van der Waals surface area (Å²) >= 11 is 0. The molecule has 3 N–H and O–H groups in total. The van der Waals surface area contributed by atoms with Gasteiger partial charge in [-0.05, 0) is 58.3 Å². The highest BCUT2D eigenvalue weighted by molar-refractivity contribution is 5.75. The number of hydrogen-bond acceptors (Lipinski definition) is 12. The van der Waals surface area contributed by atoms with Crippen LogP contribution in [0.25, 0.3) is 11.5 Å². The molecule has 0 spiro atoms. The molecule has 1 aromatic carbocycles. The molecular formula is C31H36N8O4. The summed E-state index contributed by atoms with van der Waals surface area (Å²) in [5.41, 5.74) is 3.15. The maximum atomic E-state index is 10.3. The number of nitrogens with one attached hydrogen (secondary N) is 2. The second-order valence-electron chi connectivity index (χ2n) is 12.0. The molecule has 3 aromatic heterocycles. The van der Waals surface area contributed by atoms with Crippen molar-refractivity contribution < 1.29 is 19.1 Å². The number of aliphatic hydroxyl groups is 1. The number of fused-ring (bicyclic) bond motifs is 4. The number of ether oxygens (including phenoxy) is 2. The average Bonchev–Trinajstić information content (AvgIpc) is 3.64. The van der Waals surface area contributed by atoms with E-state index in [2.05, 4.69) is 30.7 Å². The van der Waals surface area contributed by atoms with Gasteiger partial charge in [0.1, 0.15) is 11.4 Å². The Hall–Kier alpha value is -3.97. The van der Waals surface area contributed by atoms with Gasteiger partial charge in [-0.1, -0.05) is 35.5 Å². The second-order valence-corrected chi connectivity index (χ2v) is 12.0. The third-order valence-corrected chi connectivity index (χ3v) is 8.97. The highest BCUT2D eigenvalue weighted by Gasteiger charge is 2.44. The van der Waals surface area contributed by atoms with Crippen LogP contribution in [0.15, 0.2) is 53.3 Å². The summed E-state index contributed by atoms with van der Waals surface area (Å²) in [6.45, 7) is 6.97. The zero-order valence-corrected chi connectivity index (χ0v) is 24.6. The standard InChI is InChI=1S/C31H36N8O4/c1-30(2)25-21(27(41-3)42-30)17-33-29(36-25)35-24-15-22(34-23(18-40)19-7-5-4-6-8-19)20(16-32-24)26-37-28(38-43-26)31-9-12-39(13-10-31)14-11-31/h4-8,15-17,23,27,40H,9-14,18H2,1-3H3,(H2,32,33,34,35,36)/t23-,27?/m1/s1. The van der Waals surface area contributed by atoms with E-state index in [0.717, 1.165) is 61.5 Å². The fraction of sp³-hybridized carbons (Fsp3) is 0.452. The van der Waals surface area contributed by atoms with Gasteiger partial charge in [-0.2, -0.15) is 4.98 Å². The molecule has 0 amide bonds. The summed E-state index contributed by atoms with van der Waals surface area (Å²) < 4.78 is 17.3. The van der Waals surface area contributed by atoms with Gasteiger partial charge in [-0.3, -0.25) is 0 Å². The van der Waals surface area contributed by atoms with Crippen molar-refractivity contribution in [1.82, 2.24) is 30.0 Å². The van der Waals surface area contributed by atoms with E-state index in [0.29, 0.717) is 28.9 Å². The summed E-state index contributed by atoms with van der Waals surface area (Å²) in [4.78, 5) is 21.3. The van der Waals surface area contributed by atoms with E-state index in [-0.39, 0.29) is 18.1 Å². The first-order chi connectivity index (χ1) is 20.9. The molecule has 12 heteroatoms. The van der Waals surface area contributed by atoms with Crippen LogP contribution >= 0.6 is 0 Å². The van der Waals surface area contributed by atoms with Crippen LogP contribution in [0, 0.1) is 0 Å². The van der Waals surface area contributed by atoms with Crippen molar-refractivity contribution in [2.75, 3.05) is 44.0 Å². The summed E-state index contributed by atoms with van der Waals surface area (Å²) in [7, 11) is 1.60. The predicted octanol–water partition coefficient (Wildman–Crippen LogP) is 4.46. The smallest absolute Gasteiger partial charge is 0.261 e. The predicted molar refractivity (Wildman–Crippen MR) is 159 cm³/mol.